The molecule has 0 aliphatic heterocycles. The second-order valence-corrected chi connectivity index (χ2v) is 6.97. The van der Waals surface area contributed by atoms with E-state index in [1.807, 2.05) is 7.05 Å². The Morgan fingerprint density at radius 1 is 1.24 bits per heavy atom. The molecule has 6 heteroatoms. The van der Waals surface area contributed by atoms with E-state index in [2.05, 4.69) is 45.7 Å². The first kappa shape index (κ1) is 17.5. The lowest BCUT2D eigenvalue weighted by molar-refractivity contribution is 0.200. The Bertz CT molecular complexity index is 676. The second-order valence-electron chi connectivity index (χ2n) is 6.97. The minimum atomic E-state index is -0.0480. The van der Waals surface area contributed by atoms with Crippen LogP contribution in [-0.2, 0) is 13.6 Å². The van der Waals surface area contributed by atoms with Crippen molar-refractivity contribution in [3.63, 3.8) is 0 Å². The summed E-state index contributed by atoms with van der Waals surface area (Å²) in [7, 11) is 3.62. The first-order valence-corrected chi connectivity index (χ1v) is 9.00. The summed E-state index contributed by atoms with van der Waals surface area (Å²) in [5.74, 6) is 2.03. The lowest BCUT2D eigenvalue weighted by atomic mass is 9.79. The molecule has 25 heavy (non-hydrogen) atoms. The van der Waals surface area contributed by atoms with Crippen molar-refractivity contribution in [2.45, 2.75) is 38.1 Å². The Hall–Kier alpha value is -2.37. The summed E-state index contributed by atoms with van der Waals surface area (Å²) >= 11 is 0. The van der Waals surface area contributed by atoms with E-state index in [1.54, 1.807) is 16.6 Å². The number of carbonyl (C=O) groups is 1. The smallest absolute Gasteiger partial charge is 0.317 e. The lowest BCUT2D eigenvalue weighted by Gasteiger charge is -2.29. The maximum absolute atomic E-state index is 12.3. The molecule has 6 nitrogen and oxygen atoms in total. The maximum atomic E-state index is 12.3. The molecule has 2 amide bonds. The molecular weight excluding hydrogens is 314 g/mol. The fraction of sp³-hybridized carbons (Fsp3) is 0.526. The fourth-order valence-electron chi connectivity index (χ4n) is 3.54. The number of benzene rings is 1. The van der Waals surface area contributed by atoms with Gasteiger partial charge in [-0.1, -0.05) is 30.3 Å². The zero-order valence-corrected chi connectivity index (χ0v) is 15.1. The van der Waals surface area contributed by atoms with Gasteiger partial charge in [0.25, 0.3) is 0 Å². The third-order valence-electron chi connectivity index (χ3n) is 5.19. The Morgan fingerprint density at radius 3 is 2.60 bits per heavy atom. The molecule has 3 rings (SSSR count). The second kappa shape index (κ2) is 8.14. The van der Waals surface area contributed by atoms with Crippen LogP contribution in [0.15, 0.2) is 36.7 Å². The Balaban J connectivity index is 1.40. The topological polar surface area (TPSA) is 63.1 Å². The van der Waals surface area contributed by atoms with Crippen LogP contribution in [0.2, 0.25) is 0 Å². The van der Waals surface area contributed by atoms with Gasteiger partial charge in [0.05, 0.1) is 6.54 Å². The molecule has 134 valence electrons. The van der Waals surface area contributed by atoms with Crippen molar-refractivity contribution < 1.29 is 4.79 Å². The van der Waals surface area contributed by atoms with E-state index >= 15 is 0 Å². The number of hydrogen-bond donors (Lipinski definition) is 1. The van der Waals surface area contributed by atoms with Gasteiger partial charge < -0.3 is 10.2 Å². The highest BCUT2D eigenvalue weighted by Gasteiger charge is 2.23. The highest BCUT2D eigenvalue weighted by molar-refractivity contribution is 5.73. The summed E-state index contributed by atoms with van der Waals surface area (Å²) in [6, 6.07) is 10.7. The summed E-state index contributed by atoms with van der Waals surface area (Å²) in [6.07, 6.45) is 6.27. The van der Waals surface area contributed by atoms with Crippen molar-refractivity contribution in [3.05, 3.63) is 48.0 Å². The van der Waals surface area contributed by atoms with Crippen molar-refractivity contribution in [3.8, 4) is 0 Å². The fourth-order valence-corrected chi connectivity index (χ4v) is 3.54. The molecule has 1 heterocycles. The van der Waals surface area contributed by atoms with Gasteiger partial charge in [0, 0.05) is 20.6 Å². The number of nitrogens with zero attached hydrogens (tertiary/aromatic N) is 4. The molecule has 0 atom stereocenters. The van der Waals surface area contributed by atoms with Gasteiger partial charge in [-0.2, -0.15) is 5.10 Å². The molecule has 0 unspecified atom stereocenters. The predicted octanol–water partition coefficient (Wildman–Crippen LogP) is 2.93. The van der Waals surface area contributed by atoms with Crippen molar-refractivity contribution in [1.29, 1.82) is 0 Å². The molecule has 1 N–H and O–H groups in total. The van der Waals surface area contributed by atoms with Gasteiger partial charge in [-0.15, -0.1) is 0 Å². The zero-order valence-electron chi connectivity index (χ0n) is 15.1. The quantitative estimate of drug-likeness (QED) is 0.909. The normalized spacial score (nSPS) is 20.2. The van der Waals surface area contributed by atoms with Gasteiger partial charge in [0.1, 0.15) is 12.2 Å². The van der Waals surface area contributed by atoms with Crippen LogP contribution in [0.4, 0.5) is 4.79 Å². The molecule has 1 aliphatic carbocycles. The number of hydrogen-bond acceptors (Lipinski definition) is 3. The molecular formula is C19H27N5O. The van der Waals surface area contributed by atoms with E-state index in [-0.39, 0.29) is 6.03 Å². The van der Waals surface area contributed by atoms with Gasteiger partial charge in [-0.25, -0.2) is 9.78 Å². The van der Waals surface area contributed by atoms with Crippen LogP contribution in [0.1, 0.15) is 43.0 Å². The van der Waals surface area contributed by atoms with Crippen LogP contribution in [0.5, 0.6) is 0 Å². The number of aromatic nitrogens is 3. The van der Waals surface area contributed by atoms with Gasteiger partial charge in [0.2, 0.25) is 0 Å². The summed E-state index contributed by atoms with van der Waals surface area (Å²) in [6.45, 7) is 1.21. The molecule has 0 saturated heterocycles. The summed E-state index contributed by atoms with van der Waals surface area (Å²) in [4.78, 5) is 18.1. The number of amides is 2. The first-order chi connectivity index (χ1) is 12.1. The van der Waals surface area contributed by atoms with Gasteiger partial charge >= 0.3 is 6.03 Å². The first-order valence-electron chi connectivity index (χ1n) is 9.00. The Kier molecular flexibility index (Phi) is 5.68. The summed E-state index contributed by atoms with van der Waals surface area (Å²) < 4.78 is 1.69. The Labute approximate surface area is 149 Å². The largest absolute Gasteiger partial charge is 0.338 e. The standard InChI is InChI=1S/C19H27N5O/c1-23(13-18-21-14-22-24(18)2)19(25)20-12-15-8-10-17(11-9-15)16-6-4-3-5-7-16/h3-7,14-15,17H,8-13H2,1-2H3,(H,20,25). The van der Waals surface area contributed by atoms with Crippen LogP contribution in [0.3, 0.4) is 0 Å². The van der Waals surface area contributed by atoms with Crippen LogP contribution < -0.4 is 5.32 Å². The average Bonchev–Trinajstić information content (AvgIpc) is 3.05. The molecule has 1 aromatic carbocycles. The molecule has 0 spiro atoms. The van der Waals surface area contributed by atoms with E-state index in [4.69, 9.17) is 0 Å². The van der Waals surface area contributed by atoms with Gasteiger partial charge in [-0.05, 0) is 43.1 Å². The highest BCUT2D eigenvalue weighted by Crippen LogP contribution is 2.35. The van der Waals surface area contributed by atoms with Gasteiger partial charge in [-0.3, -0.25) is 4.68 Å². The number of rotatable bonds is 5. The Morgan fingerprint density at radius 2 is 1.96 bits per heavy atom. The zero-order chi connectivity index (χ0) is 17.6. The van der Waals surface area contributed by atoms with E-state index in [1.165, 1.54) is 37.6 Å². The van der Waals surface area contributed by atoms with E-state index in [0.29, 0.717) is 18.4 Å². The van der Waals surface area contributed by atoms with Crippen molar-refractivity contribution >= 4 is 6.03 Å². The third-order valence-corrected chi connectivity index (χ3v) is 5.19. The number of urea groups is 1. The molecule has 2 aromatic rings. The monoisotopic (exact) mass is 341 g/mol. The molecule has 1 saturated carbocycles. The number of aryl methyl sites for hydroxylation is 1. The molecule has 1 aromatic heterocycles. The maximum Gasteiger partial charge on any atom is 0.317 e. The minimum absolute atomic E-state index is 0.0480. The van der Waals surface area contributed by atoms with Crippen LogP contribution in [0, 0.1) is 5.92 Å². The highest BCUT2D eigenvalue weighted by atomic mass is 16.2. The number of nitrogens with one attached hydrogen (secondary N) is 1. The lowest BCUT2D eigenvalue weighted by Crippen LogP contribution is -2.40. The van der Waals surface area contributed by atoms with Crippen molar-refractivity contribution in [2.24, 2.45) is 13.0 Å². The average molecular weight is 341 g/mol. The molecule has 1 aliphatic rings. The minimum Gasteiger partial charge on any atom is -0.338 e. The molecule has 0 radical (unpaired) electrons. The van der Waals surface area contributed by atoms with Crippen LogP contribution >= 0.6 is 0 Å². The van der Waals surface area contributed by atoms with Gasteiger partial charge in [0.15, 0.2) is 0 Å². The van der Waals surface area contributed by atoms with Crippen molar-refractivity contribution in [2.75, 3.05) is 13.6 Å². The van der Waals surface area contributed by atoms with Crippen molar-refractivity contribution in [1.82, 2.24) is 25.0 Å². The van der Waals surface area contributed by atoms with E-state index in [9.17, 15) is 4.79 Å². The molecule has 1 fully saturated rings. The van der Waals surface area contributed by atoms with E-state index < -0.39 is 0 Å². The summed E-state index contributed by atoms with van der Waals surface area (Å²) in [5.41, 5.74) is 1.45. The predicted molar refractivity (Wildman–Crippen MR) is 97.0 cm³/mol. The molecule has 0 bridgehead atoms. The summed E-state index contributed by atoms with van der Waals surface area (Å²) in [5, 5.41) is 7.10. The van der Waals surface area contributed by atoms with Crippen LogP contribution in [-0.4, -0.2) is 39.3 Å². The third kappa shape index (κ3) is 4.59. The number of carbonyl (C=O) groups excluding carboxylic acids is 1. The van der Waals surface area contributed by atoms with Crippen LogP contribution in [0.25, 0.3) is 0 Å². The SMILES string of the molecule is CN(Cc1ncnn1C)C(=O)NCC1CCC(c2ccccc2)CC1. The van der Waals surface area contributed by atoms with E-state index in [0.717, 1.165) is 12.4 Å².